The summed E-state index contributed by atoms with van der Waals surface area (Å²) >= 11 is 0. The van der Waals surface area contributed by atoms with Crippen LogP contribution in [0.1, 0.15) is 5.69 Å². The van der Waals surface area contributed by atoms with Crippen LogP contribution in [-0.4, -0.2) is 28.2 Å². The second-order valence-electron chi connectivity index (χ2n) is 5.58. The molecule has 3 aromatic heterocycles. The predicted octanol–water partition coefficient (Wildman–Crippen LogP) is 1.51. The Bertz CT molecular complexity index is 1280. The highest BCUT2D eigenvalue weighted by atomic mass is 32.2. The number of nitrogens with one attached hydrogen (secondary N) is 2. The number of anilines is 1. The van der Waals surface area contributed by atoms with Crippen LogP contribution in [0.2, 0.25) is 0 Å². The molecule has 10 heteroatoms. The summed E-state index contributed by atoms with van der Waals surface area (Å²) in [5, 5.41) is 5.01. The fourth-order valence-corrected chi connectivity index (χ4v) is 3.72. The quantitative estimate of drug-likeness (QED) is 0.571. The fraction of sp³-hybridized carbons (Fsp3) is 0.133. The number of rotatable bonds is 3. The van der Waals surface area contributed by atoms with E-state index in [-0.39, 0.29) is 10.5 Å². The van der Waals surface area contributed by atoms with Crippen LogP contribution in [0.4, 0.5) is 5.69 Å². The Kier molecular flexibility index (Phi) is 3.19. The summed E-state index contributed by atoms with van der Waals surface area (Å²) in [4.78, 5) is 17.9. The van der Waals surface area contributed by atoms with Gasteiger partial charge >= 0.3 is 5.76 Å². The molecule has 2 N–H and O–H groups in total. The zero-order chi connectivity index (χ0) is 17.8. The topological polar surface area (TPSA) is 123 Å². The molecule has 0 unspecified atom stereocenters. The monoisotopic (exact) mass is 359 g/mol. The highest BCUT2D eigenvalue weighted by Crippen LogP contribution is 2.23. The van der Waals surface area contributed by atoms with E-state index in [4.69, 9.17) is 4.42 Å². The Balaban J connectivity index is 1.74. The molecule has 0 aliphatic heterocycles. The SMILES string of the molecule is Cc1nn(C)c2ncc(NS(=O)(=O)c3ccc4[nH]c(=O)oc4c3)cc12. The summed E-state index contributed by atoms with van der Waals surface area (Å²) in [7, 11) is -2.09. The number of nitrogens with zero attached hydrogens (tertiary/aromatic N) is 3. The lowest BCUT2D eigenvalue weighted by Gasteiger charge is -2.08. The number of oxazole rings is 1. The van der Waals surface area contributed by atoms with Gasteiger partial charge in [-0.25, -0.2) is 18.2 Å². The Labute approximate surface area is 141 Å². The van der Waals surface area contributed by atoms with Gasteiger partial charge in [-0.1, -0.05) is 0 Å². The van der Waals surface area contributed by atoms with E-state index in [9.17, 15) is 13.2 Å². The number of fused-ring (bicyclic) bond motifs is 2. The molecule has 4 aromatic rings. The Morgan fingerprint density at radius 1 is 1.28 bits per heavy atom. The predicted molar refractivity (Wildman–Crippen MR) is 90.9 cm³/mol. The molecule has 0 saturated carbocycles. The van der Waals surface area contributed by atoms with Crippen LogP contribution in [-0.2, 0) is 17.1 Å². The zero-order valence-electron chi connectivity index (χ0n) is 13.3. The number of hydrogen-bond donors (Lipinski definition) is 2. The number of aryl methyl sites for hydroxylation is 2. The van der Waals surface area contributed by atoms with E-state index in [2.05, 4.69) is 19.8 Å². The minimum absolute atomic E-state index is 0.0224. The van der Waals surface area contributed by atoms with Crippen LogP contribution >= 0.6 is 0 Å². The fourth-order valence-electron chi connectivity index (χ4n) is 2.67. The number of aromatic amines is 1. The third-order valence-electron chi connectivity index (χ3n) is 3.82. The number of hydrogen-bond acceptors (Lipinski definition) is 6. The largest absolute Gasteiger partial charge is 0.417 e. The van der Waals surface area contributed by atoms with Crippen molar-refractivity contribution in [2.45, 2.75) is 11.8 Å². The molecular formula is C15H13N5O4S. The highest BCUT2D eigenvalue weighted by Gasteiger charge is 2.17. The smallest absolute Gasteiger partial charge is 0.408 e. The Morgan fingerprint density at radius 2 is 2.08 bits per heavy atom. The van der Waals surface area contributed by atoms with Crippen molar-refractivity contribution in [3.63, 3.8) is 0 Å². The van der Waals surface area contributed by atoms with E-state index in [0.29, 0.717) is 16.9 Å². The first-order valence-electron chi connectivity index (χ1n) is 7.28. The Morgan fingerprint density at radius 3 is 2.88 bits per heavy atom. The molecule has 1 aromatic carbocycles. The standard InChI is InChI=1S/C15H13N5O4S/c1-8-11-5-9(7-16-14(11)20(2)18-8)19-25(22,23)10-3-4-12-13(6-10)24-15(21)17-12/h3-7,19H,1-2H3,(H,17,21). The summed E-state index contributed by atoms with van der Waals surface area (Å²) in [5.74, 6) is -0.640. The van der Waals surface area contributed by atoms with Gasteiger partial charge in [-0.05, 0) is 25.1 Å². The van der Waals surface area contributed by atoms with Gasteiger partial charge in [0.05, 0.1) is 28.0 Å². The maximum atomic E-state index is 12.6. The van der Waals surface area contributed by atoms with Crippen molar-refractivity contribution in [3.05, 3.63) is 46.7 Å². The van der Waals surface area contributed by atoms with Crippen molar-refractivity contribution in [1.82, 2.24) is 19.7 Å². The van der Waals surface area contributed by atoms with Gasteiger partial charge < -0.3 is 4.42 Å². The molecule has 0 aliphatic carbocycles. The summed E-state index contributed by atoms with van der Waals surface area (Å²) < 4.78 is 34.2. The van der Waals surface area contributed by atoms with E-state index in [1.54, 1.807) is 17.8 Å². The van der Waals surface area contributed by atoms with Gasteiger partial charge in [0.2, 0.25) is 0 Å². The van der Waals surface area contributed by atoms with E-state index >= 15 is 0 Å². The van der Waals surface area contributed by atoms with Crippen LogP contribution < -0.4 is 10.5 Å². The van der Waals surface area contributed by atoms with Crippen molar-refractivity contribution in [2.75, 3.05) is 4.72 Å². The number of aromatic nitrogens is 4. The minimum atomic E-state index is -3.86. The second-order valence-corrected chi connectivity index (χ2v) is 7.26. The molecular weight excluding hydrogens is 346 g/mol. The molecule has 0 spiro atoms. The van der Waals surface area contributed by atoms with Crippen molar-refractivity contribution in [1.29, 1.82) is 0 Å². The lowest BCUT2D eigenvalue weighted by atomic mass is 10.3. The first-order chi connectivity index (χ1) is 11.8. The van der Waals surface area contributed by atoms with Crippen LogP contribution in [0.25, 0.3) is 22.1 Å². The number of pyridine rings is 1. The normalized spacial score (nSPS) is 12.1. The number of sulfonamides is 1. The average molecular weight is 359 g/mol. The van der Waals surface area contributed by atoms with Gasteiger partial charge in [0.1, 0.15) is 0 Å². The molecule has 0 atom stereocenters. The number of benzene rings is 1. The van der Waals surface area contributed by atoms with Crippen molar-refractivity contribution in [3.8, 4) is 0 Å². The maximum Gasteiger partial charge on any atom is 0.417 e. The van der Waals surface area contributed by atoms with Crippen LogP contribution in [0.15, 0.2) is 44.6 Å². The van der Waals surface area contributed by atoms with E-state index in [1.807, 2.05) is 6.92 Å². The molecule has 0 aliphatic rings. The first kappa shape index (κ1) is 15.4. The van der Waals surface area contributed by atoms with E-state index in [1.165, 1.54) is 24.4 Å². The van der Waals surface area contributed by atoms with E-state index < -0.39 is 15.8 Å². The molecule has 0 radical (unpaired) electrons. The molecule has 0 fully saturated rings. The Hall–Kier alpha value is -3.14. The summed E-state index contributed by atoms with van der Waals surface area (Å²) in [5.41, 5.74) is 2.33. The van der Waals surface area contributed by atoms with Crippen molar-refractivity contribution >= 4 is 37.8 Å². The third-order valence-corrected chi connectivity index (χ3v) is 5.20. The van der Waals surface area contributed by atoms with Gasteiger partial charge in [0.15, 0.2) is 11.2 Å². The molecule has 4 rings (SSSR count). The maximum absolute atomic E-state index is 12.6. The third kappa shape index (κ3) is 2.56. The lowest BCUT2D eigenvalue weighted by molar-refractivity contribution is 0.554. The zero-order valence-corrected chi connectivity index (χ0v) is 14.1. The highest BCUT2D eigenvalue weighted by molar-refractivity contribution is 7.92. The van der Waals surface area contributed by atoms with Crippen LogP contribution in [0.5, 0.6) is 0 Å². The average Bonchev–Trinajstić information content (AvgIpc) is 3.05. The molecule has 0 bridgehead atoms. The molecule has 0 amide bonds. The summed E-state index contributed by atoms with van der Waals surface area (Å²) in [6.07, 6.45) is 1.43. The molecule has 3 heterocycles. The first-order valence-corrected chi connectivity index (χ1v) is 8.77. The molecule has 9 nitrogen and oxygen atoms in total. The minimum Gasteiger partial charge on any atom is -0.408 e. The van der Waals surface area contributed by atoms with Gasteiger partial charge in [0.25, 0.3) is 10.0 Å². The van der Waals surface area contributed by atoms with Gasteiger partial charge in [-0.15, -0.1) is 0 Å². The summed E-state index contributed by atoms with van der Waals surface area (Å²) in [6.45, 7) is 1.82. The molecule has 128 valence electrons. The second kappa shape index (κ2) is 5.18. The van der Waals surface area contributed by atoms with Crippen LogP contribution in [0.3, 0.4) is 0 Å². The van der Waals surface area contributed by atoms with Gasteiger partial charge in [0, 0.05) is 18.5 Å². The number of H-pyrrole nitrogens is 1. The molecule has 0 saturated heterocycles. The van der Waals surface area contributed by atoms with Gasteiger partial charge in [-0.3, -0.25) is 14.4 Å². The van der Waals surface area contributed by atoms with Crippen molar-refractivity contribution < 1.29 is 12.8 Å². The van der Waals surface area contributed by atoms with Crippen LogP contribution in [0, 0.1) is 6.92 Å². The van der Waals surface area contributed by atoms with Crippen molar-refractivity contribution in [2.24, 2.45) is 7.05 Å². The lowest BCUT2D eigenvalue weighted by Crippen LogP contribution is -2.13. The summed E-state index contributed by atoms with van der Waals surface area (Å²) in [6, 6.07) is 5.83. The van der Waals surface area contributed by atoms with Gasteiger partial charge in [-0.2, -0.15) is 5.10 Å². The van der Waals surface area contributed by atoms with E-state index in [0.717, 1.165) is 11.1 Å². The molecule has 25 heavy (non-hydrogen) atoms.